The Morgan fingerprint density at radius 2 is 1.82 bits per heavy atom. The fraction of sp³-hybridized carbons (Fsp3) is 0.200. The van der Waals surface area contributed by atoms with Crippen molar-refractivity contribution >= 4 is 39.6 Å². The molecule has 7 nitrogen and oxygen atoms in total. The second-order valence-corrected chi connectivity index (χ2v) is 6.99. The highest BCUT2D eigenvalue weighted by atomic mass is 32.1. The van der Waals surface area contributed by atoms with Gasteiger partial charge in [0.2, 0.25) is 0 Å². The molecule has 0 saturated heterocycles. The summed E-state index contributed by atoms with van der Waals surface area (Å²) in [4.78, 5) is 25.4. The summed E-state index contributed by atoms with van der Waals surface area (Å²) >= 11 is 5.24. The molecule has 0 amide bonds. The van der Waals surface area contributed by atoms with E-state index in [4.69, 9.17) is 12.2 Å². The number of hydrogen-bond donors (Lipinski definition) is 3. The number of benzene rings is 2. The Balaban J connectivity index is 1.60. The van der Waals surface area contributed by atoms with E-state index in [1.54, 1.807) is 12.1 Å². The van der Waals surface area contributed by atoms with Crippen LogP contribution in [0.25, 0.3) is 10.9 Å². The van der Waals surface area contributed by atoms with E-state index >= 15 is 0 Å². The van der Waals surface area contributed by atoms with Gasteiger partial charge in [-0.2, -0.15) is 0 Å². The van der Waals surface area contributed by atoms with Crippen molar-refractivity contribution in [3.05, 3.63) is 79.6 Å². The Morgan fingerprint density at radius 1 is 1.14 bits per heavy atom. The van der Waals surface area contributed by atoms with Gasteiger partial charge in [-0.3, -0.25) is 14.9 Å². The Hall–Kier alpha value is -3.26. The highest BCUT2D eigenvalue weighted by Gasteiger charge is 2.07. The Morgan fingerprint density at radius 3 is 2.50 bits per heavy atom. The molecule has 3 rings (SSSR count). The normalized spacial score (nSPS) is 10.6. The van der Waals surface area contributed by atoms with Gasteiger partial charge in [0.25, 0.3) is 11.2 Å². The average molecular weight is 396 g/mol. The number of aromatic nitrogens is 1. The number of H-pyrrole nitrogens is 1. The molecule has 144 valence electrons. The van der Waals surface area contributed by atoms with Crippen molar-refractivity contribution in [3.63, 3.8) is 0 Å². The monoisotopic (exact) mass is 396 g/mol. The molecule has 0 unspecified atom stereocenters. The third-order valence-electron chi connectivity index (χ3n) is 4.55. The van der Waals surface area contributed by atoms with Gasteiger partial charge < -0.3 is 15.6 Å². The maximum atomic E-state index is 12.3. The quantitative estimate of drug-likeness (QED) is 0.346. The number of non-ortho nitro benzene ring substituents is 1. The summed E-state index contributed by atoms with van der Waals surface area (Å²) in [6.07, 6.45) is 0.514. The third kappa shape index (κ3) is 4.52. The van der Waals surface area contributed by atoms with Crippen molar-refractivity contribution in [2.75, 3.05) is 11.9 Å². The lowest BCUT2D eigenvalue weighted by molar-refractivity contribution is -0.384. The van der Waals surface area contributed by atoms with E-state index in [2.05, 4.69) is 21.7 Å². The molecule has 3 N–H and O–H groups in total. The molecule has 1 heterocycles. The lowest BCUT2D eigenvalue weighted by Gasteiger charge is -2.11. The molecule has 28 heavy (non-hydrogen) atoms. The number of fused-ring (bicyclic) bond motifs is 1. The smallest absolute Gasteiger partial charge is 0.269 e. The average Bonchev–Trinajstić information content (AvgIpc) is 2.64. The maximum absolute atomic E-state index is 12.3. The number of nitro benzene ring substituents is 1. The fourth-order valence-corrected chi connectivity index (χ4v) is 3.08. The molecule has 0 aliphatic carbocycles. The van der Waals surface area contributed by atoms with Crippen molar-refractivity contribution in [2.45, 2.75) is 20.3 Å². The molecule has 0 saturated carbocycles. The standard InChI is InChI=1S/C20H20N4O3S/c1-12-9-15-11-14(19(25)23-18(15)10-13(12)2)7-8-21-20(28)22-16-3-5-17(6-4-16)24(26)27/h3-6,9-11H,7-8H2,1-2H3,(H,23,25)(H2,21,22,28). The van der Waals surface area contributed by atoms with Crippen LogP contribution in [0.5, 0.6) is 0 Å². The highest BCUT2D eigenvalue weighted by Crippen LogP contribution is 2.17. The number of nitro groups is 1. The third-order valence-corrected chi connectivity index (χ3v) is 4.80. The van der Waals surface area contributed by atoms with Crippen molar-refractivity contribution in [1.82, 2.24) is 10.3 Å². The van der Waals surface area contributed by atoms with Crippen LogP contribution in [0.4, 0.5) is 11.4 Å². The summed E-state index contributed by atoms with van der Waals surface area (Å²) in [5, 5.41) is 18.1. The van der Waals surface area contributed by atoms with E-state index in [0.29, 0.717) is 29.3 Å². The van der Waals surface area contributed by atoms with Gasteiger partial charge in [0.05, 0.1) is 4.92 Å². The van der Waals surface area contributed by atoms with Crippen LogP contribution in [-0.4, -0.2) is 21.6 Å². The molecular formula is C20H20N4O3S. The minimum Gasteiger partial charge on any atom is -0.362 e. The van der Waals surface area contributed by atoms with Gasteiger partial charge in [-0.1, -0.05) is 0 Å². The number of nitrogens with zero attached hydrogens (tertiary/aromatic N) is 1. The molecule has 0 fully saturated rings. The zero-order valence-corrected chi connectivity index (χ0v) is 16.4. The van der Waals surface area contributed by atoms with Gasteiger partial charge in [-0.25, -0.2) is 0 Å². The minimum absolute atomic E-state index is 0.0189. The molecule has 0 atom stereocenters. The summed E-state index contributed by atoms with van der Waals surface area (Å²) in [7, 11) is 0. The molecule has 8 heteroatoms. The van der Waals surface area contributed by atoms with Gasteiger partial charge >= 0.3 is 0 Å². The number of pyridine rings is 1. The molecular weight excluding hydrogens is 376 g/mol. The molecule has 0 aliphatic heterocycles. The first-order chi connectivity index (χ1) is 13.3. The first-order valence-corrected chi connectivity index (χ1v) is 9.17. The summed E-state index contributed by atoms with van der Waals surface area (Å²) in [6.45, 7) is 4.55. The molecule has 0 spiro atoms. The zero-order chi connectivity index (χ0) is 20.3. The number of rotatable bonds is 5. The Bertz CT molecular complexity index is 1110. The van der Waals surface area contributed by atoms with Gasteiger partial charge in [0.15, 0.2) is 5.11 Å². The topological polar surface area (TPSA) is 100 Å². The number of aromatic amines is 1. The van der Waals surface area contributed by atoms with Gasteiger partial charge in [-0.15, -0.1) is 0 Å². The van der Waals surface area contributed by atoms with Crippen LogP contribution in [0.2, 0.25) is 0 Å². The number of hydrogen-bond acceptors (Lipinski definition) is 4. The van der Waals surface area contributed by atoms with Crippen LogP contribution in [0.3, 0.4) is 0 Å². The molecule has 0 radical (unpaired) electrons. The maximum Gasteiger partial charge on any atom is 0.269 e. The molecule has 0 aliphatic rings. The van der Waals surface area contributed by atoms with Gasteiger partial charge in [-0.05, 0) is 79.3 Å². The van der Waals surface area contributed by atoms with Crippen LogP contribution < -0.4 is 16.2 Å². The van der Waals surface area contributed by atoms with E-state index < -0.39 is 4.92 Å². The fourth-order valence-electron chi connectivity index (χ4n) is 2.86. The highest BCUT2D eigenvalue weighted by molar-refractivity contribution is 7.80. The summed E-state index contributed by atoms with van der Waals surface area (Å²) in [5.41, 5.74) is 4.40. The van der Waals surface area contributed by atoms with E-state index in [1.165, 1.54) is 17.7 Å². The van der Waals surface area contributed by atoms with Crippen LogP contribution in [-0.2, 0) is 6.42 Å². The zero-order valence-electron chi connectivity index (χ0n) is 15.5. The number of aryl methyl sites for hydroxylation is 2. The van der Waals surface area contributed by atoms with Crippen molar-refractivity contribution < 1.29 is 4.92 Å². The van der Waals surface area contributed by atoms with Crippen molar-refractivity contribution in [2.24, 2.45) is 0 Å². The summed E-state index contributed by atoms with van der Waals surface area (Å²) in [5.74, 6) is 0. The largest absolute Gasteiger partial charge is 0.362 e. The Labute approximate surface area is 166 Å². The summed E-state index contributed by atoms with van der Waals surface area (Å²) < 4.78 is 0. The van der Waals surface area contributed by atoms with Gasteiger partial charge in [0.1, 0.15) is 0 Å². The molecule has 1 aromatic heterocycles. The first kappa shape index (κ1) is 19.5. The molecule has 0 bridgehead atoms. The van der Waals surface area contributed by atoms with E-state index in [9.17, 15) is 14.9 Å². The number of thiocarbonyl (C=S) groups is 1. The van der Waals surface area contributed by atoms with E-state index in [1.807, 2.05) is 26.0 Å². The second-order valence-electron chi connectivity index (χ2n) is 6.58. The first-order valence-electron chi connectivity index (χ1n) is 8.76. The number of anilines is 1. The SMILES string of the molecule is Cc1cc2cc(CCNC(=S)Nc3ccc([N+](=O)[O-])cc3)c(=O)[nH]c2cc1C. The number of nitrogens with one attached hydrogen (secondary N) is 3. The predicted octanol–water partition coefficient (Wildman–Crippen LogP) is 3.58. The Kier molecular flexibility index (Phi) is 5.70. The molecule has 2 aromatic carbocycles. The molecule has 3 aromatic rings. The summed E-state index contributed by atoms with van der Waals surface area (Å²) in [6, 6.07) is 12.0. The van der Waals surface area contributed by atoms with Crippen molar-refractivity contribution in [3.8, 4) is 0 Å². The minimum atomic E-state index is -0.454. The van der Waals surface area contributed by atoms with Crippen LogP contribution >= 0.6 is 12.2 Å². The second kappa shape index (κ2) is 8.18. The lowest BCUT2D eigenvalue weighted by Crippen LogP contribution is -2.31. The van der Waals surface area contributed by atoms with E-state index in [0.717, 1.165) is 16.5 Å². The van der Waals surface area contributed by atoms with Gasteiger partial charge in [0, 0.05) is 35.4 Å². The van der Waals surface area contributed by atoms with Crippen LogP contribution in [0, 0.1) is 24.0 Å². The lowest BCUT2D eigenvalue weighted by atomic mass is 10.0. The van der Waals surface area contributed by atoms with Crippen LogP contribution in [0.1, 0.15) is 16.7 Å². The van der Waals surface area contributed by atoms with E-state index in [-0.39, 0.29) is 11.2 Å². The van der Waals surface area contributed by atoms with Crippen molar-refractivity contribution in [1.29, 1.82) is 0 Å². The van der Waals surface area contributed by atoms with Crippen LogP contribution in [0.15, 0.2) is 47.3 Å². The predicted molar refractivity (Wildman–Crippen MR) is 115 cm³/mol.